The fourth-order valence-electron chi connectivity index (χ4n) is 3.31. The Balaban J connectivity index is 1.67. The average molecular weight is 398 g/mol. The molecule has 1 heterocycles. The number of halogens is 1. The molecule has 0 aliphatic carbocycles. The van der Waals surface area contributed by atoms with E-state index in [-0.39, 0.29) is 5.91 Å². The van der Waals surface area contributed by atoms with Crippen molar-refractivity contribution in [3.63, 3.8) is 0 Å². The summed E-state index contributed by atoms with van der Waals surface area (Å²) in [6, 6.07) is 15.7. The molecule has 28 heavy (non-hydrogen) atoms. The molecule has 1 aromatic heterocycles. The molecule has 0 saturated heterocycles. The molecule has 3 rings (SSSR count). The molecular formula is C22H26ClN4O+. The van der Waals surface area contributed by atoms with Crippen molar-refractivity contribution in [1.29, 1.82) is 0 Å². The molecule has 3 aromatic rings. The van der Waals surface area contributed by atoms with E-state index in [0.29, 0.717) is 17.3 Å². The molecule has 0 bridgehead atoms. The lowest BCUT2D eigenvalue weighted by atomic mass is 10.2. The predicted octanol–water partition coefficient (Wildman–Crippen LogP) is 3.10. The van der Waals surface area contributed by atoms with Crippen LogP contribution < -0.4 is 10.2 Å². The van der Waals surface area contributed by atoms with Gasteiger partial charge in [-0.15, -0.1) is 0 Å². The quantitative estimate of drug-likeness (QED) is 0.671. The first-order chi connectivity index (χ1) is 13.3. The number of aromatic nitrogens is 2. The number of amides is 1. The van der Waals surface area contributed by atoms with E-state index in [1.54, 1.807) is 0 Å². The number of quaternary nitrogens is 1. The van der Waals surface area contributed by atoms with Crippen molar-refractivity contribution in [3.8, 4) is 5.69 Å². The Bertz CT molecular complexity index is 982. The van der Waals surface area contributed by atoms with Crippen LogP contribution in [-0.2, 0) is 11.3 Å². The Hall–Kier alpha value is -2.63. The zero-order chi connectivity index (χ0) is 20.3. The third kappa shape index (κ3) is 4.61. The molecule has 0 spiro atoms. The lowest BCUT2D eigenvalue weighted by molar-refractivity contribution is -0.885. The Morgan fingerprint density at radius 3 is 2.54 bits per heavy atom. The van der Waals surface area contributed by atoms with E-state index in [9.17, 15) is 4.79 Å². The second kappa shape index (κ2) is 8.59. The molecule has 1 atom stereocenters. The Labute approximate surface area is 170 Å². The number of hydrogen-bond acceptors (Lipinski definition) is 2. The van der Waals surface area contributed by atoms with Gasteiger partial charge < -0.3 is 10.2 Å². The summed E-state index contributed by atoms with van der Waals surface area (Å²) in [6.45, 7) is 7.12. The summed E-state index contributed by atoms with van der Waals surface area (Å²) in [7, 11) is 2.01. The topological polar surface area (TPSA) is 51.4 Å². The minimum absolute atomic E-state index is 0.0611. The number of nitrogens with one attached hydrogen (secondary N) is 2. The monoisotopic (exact) mass is 397 g/mol. The van der Waals surface area contributed by atoms with Crippen LogP contribution in [0, 0.1) is 20.8 Å². The van der Waals surface area contributed by atoms with Crippen LogP contribution >= 0.6 is 11.6 Å². The van der Waals surface area contributed by atoms with Crippen molar-refractivity contribution in [2.45, 2.75) is 27.3 Å². The van der Waals surface area contributed by atoms with Gasteiger partial charge in [0.25, 0.3) is 5.91 Å². The lowest BCUT2D eigenvalue weighted by Gasteiger charge is -2.15. The standard InChI is InChI=1S/C22H25ClN4O/c1-15-10-11-21(20(23)12-15)24-22(28)14-26(4)13-19-16(2)25-27(17(19)3)18-8-6-5-7-9-18/h5-12H,13-14H2,1-4H3,(H,24,28)/p+1. The minimum Gasteiger partial charge on any atom is -0.326 e. The predicted molar refractivity (Wildman–Crippen MR) is 113 cm³/mol. The Morgan fingerprint density at radius 1 is 1.14 bits per heavy atom. The average Bonchev–Trinajstić information content (AvgIpc) is 2.93. The second-order valence-electron chi connectivity index (χ2n) is 7.24. The molecule has 146 valence electrons. The van der Waals surface area contributed by atoms with E-state index in [1.807, 2.05) is 74.1 Å². The number of likely N-dealkylation sites (N-methyl/N-ethyl adjacent to an activating group) is 1. The van der Waals surface area contributed by atoms with Gasteiger partial charge in [-0.2, -0.15) is 5.10 Å². The lowest BCUT2D eigenvalue weighted by Crippen LogP contribution is -3.08. The second-order valence-corrected chi connectivity index (χ2v) is 7.65. The molecule has 1 amide bonds. The zero-order valence-electron chi connectivity index (χ0n) is 16.7. The minimum atomic E-state index is -0.0611. The number of benzene rings is 2. The molecule has 0 saturated carbocycles. The van der Waals surface area contributed by atoms with Crippen LogP contribution in [0.2, 0.25) is 5.02 Å². The summed E-state index contributed by atoms with van der Waals surface area (Å²) in [6.07, 6.45) is 0. The first-order valence-corrected chi connectivity index (χ1v) is 9.70. The van der Waals surface area contributed by atoms with Gasteiger partial charge in [-0.3, -0.25) is 4.79 Å². The Morgan fingerprint density at radius 2 is 1.86 bits per heavy atom. The normalized spacial score (nSPS) is 12.0. The van der Waals surface area contributed by atoms with E-state index < -0.39 is 0 Å². The van der Waals surface area contributed by atoms with Crippen LogP contribution in [0.5, 0.6) is 0 Å². The number of carbonyl (C=O) groups is 1. The SMILES string of the molecule is Cc1ccc(NC(=O)C[NH+](C)Cc2c(C)nn(-c3ccccc3)c2C)c(Cl)c1. The molecule has 0 fully saturated rings. The molecule has 6 heteroatoms. The molecule has 0 radical (unpaired) electrons. The maximum atomic E-state index is 12.4. The van der Waals surface area contributed by atoms with Crippen molar-refractivity contribution < 1.29 is 9.69 Å². The molecular weight excluding hydrogens is 372 g/mol. The molecule has 0 aliphatic heterocycles. The van der Waals surface area contributed by atoms with Gasteiger partial charge in [0, 0.05) is 0 Å². The van der Waals surface area contributed by atoms with Crippen molar-refractivity contribution in [1.82, 2.24) is 9.78 Å². The highest BCUT2D eigenvalue weighted by Crippen LogP contribution is 2.22. The summed E-state index contributed by atoms with van der Waals surface area (Å²) in [5.74, 6) is -0.0611. The highest BCUT2D eigenvalue weighted by molar-refractivity contribution is 6.33. The van der Waals surface area contributed by atoms with Crippen LogP contribution in [0.1, 0.15) is 22.5 Å². The third-order valence-corrected chi connectivity index (χ3v) is 5.09. The van der Waals surface area contributed by atoms with Crippen molar-refractivity contribution in [2.24, 2.45) is 0 Å². The number of nitrogens with zero attached hydrogens (tertiary/aromatic N) is 2. The van der Waals surface area contributed by atoms with E-state index in [4.69, 9.17) is 11.6 Å². The number of hydrogen-bond donors (Lipinski definition) is 2. The maximum absolute atomic E-state index is 12.4. The molecule has 0 aliphatic rings. The third-order valence-electron chi connectivity index (χ3n) is 4.78. The van der Waals surface area contributed by atoms with Gasteiger partial charge in [-0.25, -0.2) is 4.68 Å². The summed E-state index contributed by atoms with van der Waals surface area (Å²) >= 11 is 6.21. The summed E-state index contributed by atoms with van der Waals surface area (Å²) in [5, 5.41) is 8.14. The smallest absolute Gasteiger partial charge is 0.279 e. The van der Waals surface area contributed by atoms with Gasteiger partial charge in [0.05, 0.1) is 40.4 Å². The van der Waals surface area contributed by atoms with Crippen molar-refractivity contribution in [3.05, 3.63) is 76.1 Å². The molecule has 1 unspecified atom stereocenters. The molecule has 2 aromatic carbocycles. The summed E-state index contributed by atoms with van der Waals surface area (Å²) < 4.78 is 1.96. The zero-order valence-corrected chi connectivity index (χ0v) is 17.5. The number of aryl methyl sites for hydroxylation is 2. The summed E-state index contributed by atoms with van der Waals surface area (Å²) in [5.41, 5.74) is 6.01. The Kier molecular flexibility index (Phi) is 6.17. The maximum Gasteiger partial charge on any atom is 0.279 e. The van der Waals surface area contributed by atoms with Crippen LogP contribution in [0.3, 0.4) is 0 Å². The van der Waals surface area contributed by atoms with Gasteiger partial charge in [0.1, 0.15) is 6.54 Å². The first-order valence-electron chi connectivity index (χ1n) is 9.33. The largest absolute Gasteiger partial charge is 0.326 e. The van der Waals surface area contributed by atoms with E-state index >= 15 is 0 Å². The molecule has 2 N–H and O–H groups in total. The van der Waals surface area contributed by atoms with Crippen molar-refractivity contribution in [2.75, 3.05) is 18.9 Å². The van der Waals surface area contributed by atoms with E-state index in [1.165, 1.54) is 5.56 Å². The first kappa shape index (κ1) is 20.1. The number of anilines is 1. The highest BCUT2D eigenvalue weighted by Gasteiger charge is 2.18. The molecule has 5 nitrogen and oxygen atoms in total. The summed E-state index contributed by atoms with van der Waals surface area (Å²) in [4.78, 5) is 13.5. The van der Waals surface area contributed by atoms with Gasteiger partial charge in [0.2, 0.25) is 0 Å². The van der Waals surface area contributed by atoms with Gasteiger partial charge in [-0.05, 0) is 50.6 Å². The van der Waals surface area contributed by atoms with Crippen LogP contribution in [0.15, 0.2) is 48.5 Å². The highest BCUT2D eigenvalue weighted by atomic mass is 35.5. The van der Waals surface area contributed by atoms with E-state index in [2.05, 4.69) is 17.3 Å². The van der Waals surface area contributed by atoms with Gasteiger partial charge in [0.15, 0.2) is 6.54 Å². The number of rotatable bonds is 6. The number of para-hydroxylation sites is 1. The van der Waals surface area contributed by atoms with Crippen LogP contribution in [0.4, 0.5) is 5.69 Å². The number of carbonyl (C=O) groups excluding carboxylic acids is 1. The van der Waals surface area contributed by atoms with Gasteiger partial charge >= 0.3 is 0 Å². The van der Waals surface area contributed by atoms with Crippen LogP contribution in [-0.4, -0.2) is 29.3 Å². The van der Waals surface area contributed by atoms with Crippen molar-refractivity contribution >= 4 is 23.2 Å². The van der Waals surface area contributed by atoms with Crippen LogP contribution in [0.25, 0.3) is 5.69 Å². The van der Waals surface area contributed by atoms with Gasteiger partial charge in [-0.1, -0.05) is 35.9 Å². The fourth-order valence-corrected chi connectivity index (χ4v) is 3.59. The van der Waals surface area contributed by atoms with E-state index in [0.717, 1.165) is 34.1 Å². The fraction of sp³-hybridized carbons (Fsp3) is 0.273.